The average molecular weight is 993 g/mol. The van der Waals surface area contributed by atoms with Crippen LogP contribution in [-0.2, 0) is 33.2 Å². The molecule has 0 aromatic carbocycles. The molecule has 8 aliphatic rings. The SMILES string of the molecule is CC1(C)C[C@H]2C3=CC[C@@H]4[C@@]5(C)CC[C@H](O[C@@H]6O[C@H](C(=O)O)[C@@H](O)[C@H](O[C@@H]7O[C@@H](CO)[C@H](O)[C@H]7O)[C@H]6O[C@@H]6O[C@H](CO)[C@@H](O)[C@H](O)[C@H]6O)[C@](C)(CO)[C@@H]5CC[C@@]4(C)[C@]3(C)[C@@H](O)[C@@H](O)[C@@]2(CO)[C@@H](O)[C@@H]1O. The summed E-state index contributed by atoms with van der Waals surface area (Å²) in [5, 5.41) is 165. The van der Waals surface area contributed by atoms with Crippen molar-refractivity contribution in [2.45, 2.75) is 197 Å². The molecule has 0 bridgehead atoms. The lowest BCUT2D eigenvalue weighted by Gasteiger charge is -2.73. The van der Waals surface area contributed by atoms with E-state index >= 15 is 0 Å². The zero-order valence-electron chi connectivity index (χ0n) is 39.9. The largest absolute Gasteiger partial charge is 0.479 e. The zero-order valence-corrected chi connectivity index (χ0v) is 39.9. The molecule has 22 nitrogen and oxygen atoms in total. The highest BCUT2D eigenvalue weighted by Gasteiger charge is 2.75. The number of aliphatic hydroxyl groups excluding tert-OH is 14. The lowest BCUT2D eigenvalue weighted by atomic mass is 9.32. The Kier molecular flexibility index (Phi) is 14.5. The van der Waals surface area contributed by atoms with Crippen molar-refractivity contribution >= 4 is 5.97 Å². The zero-order chi connectivity index (χ0) is 50.9. The maximum atomic E-state index is 12.8. The monoisotopic (exact) mass is 992 g/mol. The van der Waals surface area contributed by atoms with Gasteiger partial charge in [0.2, 0.25) is 0 Å². The number of fused-ring (bicyclic) bond motifs is 7. The lowest BCUT2D eigenvalue weighted by molar-refractivity contribution is -0.387. The second-order valence-corrected chi connectivity index (χ2v) is 23.1. The van der Waals surface area contributed by atoms with Gasteiger partial charge in [0.1, 0.15) is 61.0 Å². The maximum absolute atomic E-state index is 12.8. The highest BCUT2D eigenvalue weighted by Crippen LogP contribution is 2.76. The van der Waals surface area contributed by atoms with E-state index in [1.807, 2.05) is 27.7 Å². The van der Waals surface area contributed by atoms with Gasteiger partial charge in [-0.2, -0.15) is 0 Å². The van der Waals surface area contributed by atoms with Crippen molar-refractivity contribution < 1.29 is 110 Å². The molecule has 5 aliphatic carbocycles. The van der Waals surface area contributed by atoms with Gasteiger partial charge >= 0.3 is 5.97 Å². The number of carboxylic acids is 1. The molecule has 27 atom stereocenters. The van der Waals surface area contributed by atoms with Crippen LogP contribution in [0.4, 0.5) is 0 Å². The van der Waals surface area contributed by atoms with Crippen LogP contribution >= 0.6 is 0 Å². The first-order chi connectivity index (χ1) is 32.2. The van der Waals surface area contributed by atoms with E-state index in [1.165, 1.54) is 0 Å². The molecule has 22 heteroatoms. The molecule has 4 saturated carbocycles. The molecule has 0 aromatic rings. The first-order valence-electron chi connectivity index (χ1n) is 24.3. The minimum absolute atomic E-state index is 0.187. The van der Waals surface area contributed by atoms with Gasteiger partial charge in [0.05, 0.1) is 62.4 Å². The highest BCUT2D eigenvalue weighted by molar-refractivity contribution is 5.73. The van der Waals surface area contributed by atoms with Gasteiger partial charge in [0.15, 0.2) is 25.0 Å². The number of carboxylic acid groups (broad SMARTS) is 1. The van der Waals surface area contributed by atoms with Crippen molar-refractivity contribution in [3.05, 3.63) is 11.6 Å². The number of hydrogen-bond acceptors (Lipinski definition) is 21. The van der Waals surface area contributed by atoms with Crippen molar-refractivity contribution in [2.75, 3.05) is 26.4 Å². The predicted octanol–water partition coefficient (Wildman–Crippen LogP) is -3.80. The van der Waals surface area contributed by atoms with Crippen molar-refractivity contribution in [1.29, 1.82) is 0 Å². The molecule has 0 unspecified atom stereocenters. The first-order valence-corrected chi connectivity index (χ1v) is 24.3. The Hall–Kier alpha value is -1.59. The number of ether oxygens (including phenoxy) is 6. The number of aliphatic hydroxyl groups is 14. The van der Waals surface area contributed by atoms with Crippen LogP contribution < -0.4 is 0 Å². The summed E-state index contributed by atoms with van der Waals surface area (Å²) in [5.41, 5.74) is -5.15. The summed E-state index contributed by atoms with van der Waals surface area (Å²) >= 11 is 0. The Morgan fingerprint density at radius 3 is 1.75 bits per heavy atom. The third-order valence-electron chi connectivity index (χ3n) is 19.6. The number of allylic oxidation sites excluding steroid dienone is 1. The molecular weight excluding hydrogens is 916 g/mol. The van der Waals surface area contributed by atoms with Crippen LogP contribution in [0.2, 0.25) is 0 Å². The normalized spacial score (nSPS) is 56.0. The summed E-state index contributed by atoms with van der Waals surface area (Å²) in [6.45, 7) is 8.92. The maximum Gasteiger partial charge on any atom is 0.335 e. The molecule has 69 heavy (non-hydrogen) atoms. The van der Waals surface area contributed by atoms with Crippen molar-refractivity contribution in [3.63, 3.8) is 0 Å². The molecule has 0 aromatic heterocycles. The summed E-state index contributed by atoms with van der Waals surface area (Å²) in [5.74, 6) is -2.79. The second kappa shape index (κ2) is 18.7. The fourth-order valence-electron chi connectivity index (χ4n) is 15.3. The molecule has 0 radical (unpaired) electrons. The van der Waals surface area contributed by atoms with Crippen LogP contribution in [0.15, 0.2) is 11.6 Å². The molecule has 7 fully saturated rings. The van der Waals surface area contributed by atoms with Gasteiger partial charge in [0.25, 0.3) is 0 Å². The van der Waals surface area contributed by atoms with Crippen LogP contribution in [0.3, 0.4) is 0 Å². The van der Waals surface area contributed by atoms with Crippen LogP contribution in [0.25, 0.3) is 0 Å². The van der Waals surface area contributed by atoms with Gasteiger partial charge in [-0.1, -0.05) is 53.2 Å². The van der Waals surface area contributed by atoms with Gasteiger partial charge < -0.3 is 105 Å². The molecule has 15 N–H and O–H groups in total. The number of hydrogen-bond donors (Lipinski definition) is 15. The highest BCUT2D eigenvalue weighted by atomic mass is 16.8. The average Bonchev–Trinajstić information content (AvgIpc) is 3.58. The topological polar surface area (TPSA) is 376 Å². The minimum Gasteiger partial charge on any atom is -0.479 e. The smallest absolute Gasteiger partial charge is 0.335 e. The van der Waals surface area contributed by atoms with Crippen LogP contribution in [-0.4, -0.2) is 226 Å². The van der Waals surface area contributed by atoms with E-state index in [1.54, 1.807) is 0 Å². The van der Waals surface area contributed by atoms with E-state index in [2.05, 4.69) is 19.9 Å². The first kappa shape index (κ1) is 53.7. The molecule has 396 valence electrons. The van der Waals surface area contributed by atoms with Crippen molar-refractivity contribution in [3.8, 4) is 0 Å². The van der Waals surface area contributed by atoms with Crippen LogP contribution in [0.5, 0.6) is 0 Å². The summed E-state index contributed by atoms with van der Waals surface area (Å²) in [6, 6.07) is 0. The molecule has 3 saturated heterocycles. The lowest BCUT2D eigenvalue weighted by Crippen LogP contribution is -2.76. The van der Waals surface area contributed by atoms with E-state index < -0.39 is 187 Å². The molecule has 8 rings (SSSR count). The van der Waals surface area contributed by atoms with Gasteiger partial charge in [-0.05, 0) is 72.5 Å². The molecule has 3 aliphatic heterocycles. The Balaban J connectivity index is 1.14. The van der Waals surface area contributed by atoms with E-state index in [4.69, 9.17) is 28.4 Å². The Bertz CT molecular complexity index is 1910. The Labute approximate surface area is 400 Å². The van der Waals surface area contributed by atoms with Gasteiger partial charge in [-0.15, -0.1) is 0 Å². The van der Waals surface area contributed by atoms with Crippen LogP contribution in [0, 0.1) is 50.2 Å². The van der Waals surface area contributed by atoms with Gasteiger partial charge in [-0.25, -0.2) is 4.79 Å². The number of aliphatic carboxylic acids is 1. The fourth-order valence-corrected chi connectivity index (χ4v) is 15.3. The van der Waals surface area contributed by atoms with E-state index in [9.17, 15) is 81.4 Å². The summed E-state index contributed by atoms with van der Waals surface area (Å²) < 4.78 is 36.0. The van der Waals surface area contributed by atoms with E-state index in [0.29, 0.717) is 32.1 Å². The Morgan fingerprint density at radius 1 is 0.623 bits per heavy atom. The van der Waals surface area contributed by atoms with Gasteiger partial charge in [0, 0.05) is 10.8 Å². The van der Waals surface area contributed by atoms with E-state index in [0.717, 1.165) is 5.57 Å². The predicted molar refractivity (Wildman–Crippen MR) is 232 cm³/mol. The standard InChI is InChI=1S/C47H76O22/c1-42(2)13-19-18-7-8-23-43(3)11-10-24(44(4,16-50)22(43)9-12-45(23,5)46(18,6)35(59)37(61)47(19,17-51)36(60)34(42)58)66-41-33(69-40-29(56)27(54)25(52)20(14-48)64-40)31(30(57)32(68-41)38(62)63)67-39-28(55)26(53)21(15-49)65-39/h7,19-37,39-41,48-61H,8-17H2,1-6H3,(H,62,63)/t19-,20+,21-,22+,23+,24-,25+,26-,27-,28+,29+,30-,31-,32-,33+,34-,35-,36-,37+,39-,40-,41+,43-,44+,45+,46-,47+/m0/s1. The minimum atomic E-state index is -2.15. The third kappa shape index (κ3) is 7.68. The summed E-state index contributed by atoms with van der Waals surface area (Å²) in [6.07, 6.45) is -28.1. The number of rotatable bonds is 11. The number of carbonyl (C=O) groups is 1. The quantitative estimate of drug-likeness (QED) is 0.0697. The molecule has 3 heterocycles. The third-order valence-corrected chi connectivity index (χ3v) is 19.6. The van der Waals surface area contributed by atoms with Gasteiger partial charge in [-0.3, -0.25) is 0 Å². The second-order valence-electron chi connectivity index (χ2n) is 23.1. The summed E-state index contributed by atoms with van der Waals surface area (Å²) in [4.78, 5) is 12.8. The Morgan fingerprint density at radius 2 is 1.19 bits per heavy atom. The fraction of sp³-hybridized carbons (Fsp3) is 0.936. The molecule has 0 spiro atoms. The van der Waals surface area contributed by atoms with E-state index in [-0.39, 0.29) is 18.3 Å². The van der Waals surface area contributed by atoms with Crippen molar-refractivity contribution in [1.82, 2.24) is 0 Å². The van der Waals surface area contributed by atoms with Crippen LogP contribution in [0.1, 0.15) is 80.1 Å². The van der Waals surface area contributed by atoms with Crippen molar-refractivity contribution in [2.24, 2.45) is 50.2 Å². The summed E-state index contributed by atoms with van der Waals surface area (Å²) in [7, 11) is 0. The molecule has 0 amide bonds. The molecular formula is C47H76O22.